The van der Waals surface area contributed by atoms with Crippen LogP contribution in [0.5, 0.6) is 0 Å². The summed E-state index contributed by atoms with van der Waals surface area (Å²) < 4.78 is 53.3. The highest BCUT2D eigenvalue weighted by Crippen LogP contribution is 2.29. The molecule has 3 aromatic rings. The zero-order valence-corrected chi connectivity index (χ0v) is 22.5. The summed E-state index contributed by atoms with van der Waals surface area (Å²) in [6.07, 6.45) is 1.13. The molecule has 1 aliphatic heterocycles. The summed E-state index contributed by atoms with van der Waals surface area (Å²) in [5, 5.41) is 0.209. The third kappa shape index (κ3) is 7.12. The smallest absolute Gasteiger partial charge is 0.245 e. The topological polar surface area (TPSA) is 80.1 Å². The van der Waals surface area contributed by atoms with Gasteiger partial charge in [0.2, 0.25) is 15.9 Å². The van der Waals surface area contributed by atoms with Crippen molar-refractivity contribution < 1.29 is 26.8 Å². The van der Waals surface area contributed by atoms with E-state index >= 15 is 0 Å². The van der Waals surface area contributed by atoms with Crippen molar-refractivity contribution in [3.8, 4) is 0 Å². The van der Waals surface area contributed by atoms with Crippen molar-refractivity contribution in [3.05, 3.63) is 87.5 Å². The standard InChI is InChI=1S/C26H27Cl2FN2O5S/c1-18-4-10-23(36-18)15-30(14-19-5-8-21(29)9-6-19)26(32)17-31(16-22-3-2-12-35-22)37(33,34)25-13-20(27)7-11-24(25)28/h4-11,13,22H,2-3,12,14-17H2,1H3. The Kier molecular flexibility index (Phi) is 8.92. The summed E-state index contributed by atoms with van der Waals surface area (Å²) in [6.45, 7) is 2.09. The number of furan rings is 1. The fourth-order valence-corrected chi connectivity index (χ4v) is 6.29. The fourth-order valence-electron chi connectivity index (χ4n) is 4.13. The maximum Gasteiger partial charge on any atom is 0.245 e. The van der Waals surface area contributed by atoms with Gasteiger partial charge in [-0.05, 0) is 67.8 Å². The third-order valence-electron chi connectivity index (χ3n) is 6.04. The molecular formula is C26H27Cl2FN2O5S. The molecule has 4 rings (SSSR count). The summed E-state index contributed by atoms with van der Waals surface area (Å²) in [5.74, 6) is 0.371. The number of halogens is 3. The number of benzene rings is 2. The molecule has 2 heterocycles. The number of sulfonamides is 1. The van der Waals surface area contributed by atoms with Crippen LogP contribution in [-0.4, -0.2) is 49.3 Å². The number of hydrogen-bond acceptors (Lipinski definition) is 5. The van der Waals surface area contributed by atoms with Crippen LogP contribution < -0.4 is 0 Å². The van der Waals surface area contributed by atoms with E-state index in [2.05, 4.69) is 0 Å². The minimum Gasteiger partial charge on any atom is -0.464 e. The average Bonchev–Trinajstić information content (AvgIpc) is 3.52. The first kappa shape index (κ1) is 27.6. The quantitative estimate of drug-likeness (QED) is 0.325. The molecule has 37 heavy (non-hydrogen) atoms. The first-order valence-electron chi connectivity index (χ1n) is 11.8. The van der Waals surface area contributed by atoms with E-state index in [0.717, 1.165) is 10.7 Å². The second-order valence-electron chi connectivity index (χ2n) is 8.90. The normalized spacial score (nSPS) is 15.9. The third-order valence-corrected chi connectivity index (χ3v) is 8.56. The predicted octanol–water partition coefficient (Wildman–Crippen LogP) is 5.43. The van der Waals surface area contributed by atoms with E-state index in [0.29, 0.717) is 30.1 Å². The van der Waals surface area contributed by atoms with Crippen LogP contribution in [0.25, 0.3) is 0 Å². The second kappa shape index (κ2) is 12.0. The van der Waals surface area contributed by atoms with Crippen LogP contribution in [0.15, 0.2) is 63.9 Å². The molecule has 7 nitrogen and oxygen atoms in total. The molecule has 0 radical (unpaired) electrons. The molecule has 198 valence electrons. The minimum absolute atomic E-state index is 0.00317. The number of nitrogens with zero attached hydrogens (tertiary/aromatic N) is 2. The molecule has 1 amide bonds. The number of carbonyl (C=O) groups is 1. The summed E-state index contributed by atoms with van der Waals surface area (Å²) in [7, 11) is -4.20. The molecule has 1 aromatic heterocycles. The number of aryl methyl sites for hydroxylation is 1. The molecule has 11 heteroatoms. The lowest BCUT2D eigenvalue weighted by atomic mass is 10.2. The fraction of sp³-hybridized carbons (Fsp3) is 0.346. The zero-order valence-electron chi connectivity index (χ0n) is 20.2. The molecule has 0 saturated carbocycles. The van der Waals surface area contributed by atoms with Crippen molar-refractivity contribution in [1.82, 2.24) is 9.21 Å². The van der Waals surface area contributed by atoms with E-state index in [-0.39, 0.29) is 40.7 Å². The van der Waals surface area contributed by atoms with Gasteiger partial charge in [-0.15, -0.1) is 0 Å². The predicted molar refractivity (Wildman–Crippen MR) is 138 cm³/mol. The lowest BCUT2D eigenvalue weighted by Gasteiger charge is -2.28. The van der Waals surface area contributed by atoms with Crippen molar-refractivity contribution in [2.45, 2.75) is 43.9 Å². The van der Waals surface area contributed by atoms with E-state index < -0.39 is 28.3 Å². The molecule has 1 unspecified atom stereocenters. The van der Waals surface area contributed by atoms with Gasteiger partial charge < -0.3 is 14.1 Å². The van der Waals surface area contributed by atoms with Gasteiger partial charge in [-0.1, -0.05) is 35.3 Å². The Morgan fingerprint density at radius 1 is 1.08 bits per heavy atom. The van der Waals surface area contributed by atoms with Gasteiger partial charge in [-0.3, -0.25) is 4.79 Å². The van der Waals surface area contributed by atoms with Crippen LogP contribution in [0.3, 0.4) is 0 Å². The largest absolute Gasteiger partial charge is 0.464 e. The summed E-state index contributed by atoms with van der Waals surface area (Å²) in [6, 6.07) is 13.5. The first-order chi connectivity index (χ1) is 17.6. The molecule has 0 aliphatic carbocycles. The zero-order chi connectivity index (χ0) is 26.6. The van der Waals surface area contributed by atoms with E-state index in [1.54, 1.807) is 31.2 Å². The van der Waals surface area contributed by atoms with Crippen molar-refractivity contribution in [1.29, 1.82) is 0 Å². The monoisotopic (exact) mass is 568 g/mol. The van der Waals surface area contributed by atoms with E-state index in [4.69, 9.17) is 32.4 Å². The molecular weight excluding hydrogens is 542 g/mol. The lowest BCUT2D eigenvalue weighted by molar-refractivity contribution is -0.133. The van der Waals surface area contributed by atoms with Crippen LogP contribution in [0, 0.1) is 12.7 Å². The van der Waals surface area contributed by atoms with Gasteiger partial charge in [0.1, 0.15) is 22.2 Å². The summed E-state index contributed by atoms with van der Waals surface area (Å²) in [4.78, 5) is 14.9. The van der Waals surface area contributed by atoms with Crippen molar-refractivity contribution in [2.24, 2.45) is 0 Å². The van der Waals surface area contributed by atoms with Gasteiger partial charge in [0.15, 0.2) is 0 Å². The van der Waals surface area contributed by atoms with E-state index in [1.165, 1.54) is 35.2 Å². The Labute approximate surface area is 225 Å². The van der Waals surface area contributed by atoms with Gasteiger partial charge in [-0.25, -0.2) is 12.8 Å². The SMILES string of the molecule is Cc1ccc(CN(Cc2ccc(F)cc2)C(=O)CN(CC2CCCO2)S(=O)(=O)c2cc(Cl)ccc2Cl)o1. The average molecular weight is 569 g/mol. The molecule has 0 N–H and O–H groups in total. The molecule has 0 spiro atoms. The lowest BCUT2D eigenvalue weighted by Crippen LogP contribution is -2.45. The van der Waals surface area contributed by atoms with Gasteiger partial charge in [-0.2, -0.15) is 4.31 Å². The Morgan fingerprint density at radius 3 is 2.49 bits per heavy atom. The molecule has 2 aromatic carbocycles. The molecule has 1 fully saturated rings. The highest BCUT2D eigenvalue weighted by molar-refractivity contribution is 7.89. The van der Waals surface area contributed by atoms with Gasteiger partial charge in [0.25, 0.3) is 0 Å². The number of ether oxygens (including phenoxy) is 1. The highest BCUT2D eigenvalue weighted by Gasteiger charge is 2.33. The van der Waals surface area contributed by atoms with Crippen LogP contribution in [0.4, 0.5) is 4.39 Å². The van der Waals surface area contributed by atoms with Crippen LogP contribution in [0.1, 0.15) is 29.9 Å². The van der Waals surface area contributed by atoms with Crippen molar-refractivity contribution in [3.63, 3.8) is 0 Å². The molecule has 1 aliphatic rings. The van der Waals surface area contributed by atoms with E-state index in [9.17, 15) is 17.6 Å². The maximum absolute atomic E-state index is 13.7. The summed E-state index contributed by atoms with van der Waals surface area (Å²) in [5.41, 5.74) is 0.685. The Hall–Kier alpha value is -2.43. The Balaban J connectivity index is 1.63. The Morgan fingerprint density at radius 2 is 1.84 bits per heavy atom. The van der Waals surface area contributed by atoms with Gasteiger partial charge in [0.05, 0.1) is 24.2 Å². The number of amides is 1. The molecule has 1 atom stereocenters. The number of hydrogen-bond donors (Lipinski definition) is 0. The van der Waals surface area contributed by atoms with Crippen molar-refractivity contribution >= 4 is 39.1 Å². The second-order valence-corrected chi connectivity index (χ2v) is 11.6. The number of rotatable bonds is 10. The first-order valence-corrected chi connectivity index (χ1v) is 14.0. The highest BCUT2D eigenvalue weighted by atomic mass is 35.5. The van der Waals surface area contributed by atoms with Crippen molar-refractivity contribution in [2.75, 3.05) is 19.7 Å². The molecule has 0 bridgehead atoms. The number of carbonyl (C=O) groups excluding carboxylic acids is 1. The van der Waals surface area contributed by atoms with Crippen LogP contribution in [-0.2, 0) is 32.6 Å². The van der Waals surface area contributed by atoms with Crippen LogP contribution in [0.2, 0.25) is 10.0 Å². The van der Waals surface area contributed by atoms with E-state index in [1.807, 2.05) is 0 Å². The van der Waals surface area contributed by atoms with Gasteiger partial charge in [0, 0.05) is 24.7 Å². The maximum atomic E-state index is 13.7. The van der Waals surface area contributed by atoms with Crippen LogP contribution >= 0.6 is 23.2 Å². The summed E-state index contributed by atoms with van der Waals surface area (Å²) >= 11 is 12.3. The minimum atomic E-state index is -4.20. The Bertz CT molecular complexity index is 1340. The van der Waals surface area contributed by atoms with Gasteiger partial charge >= 0.3 is 0 Å². The molecule has 1 saturated heterocycles.